The van der Waals surface area contributed by atoms with E-state index in [1.165, 1.54) is 12.8 Å². The molecule has 0 fully saturated rings. The first-order valence-corrected chi connectivity index (χ1v) is 2.41. The van der Waals surface area contributed by atoms with Gasteiger partial charge in [-0.2, -0.15) is 0 Å². The Hall–Kier alpha value is -0.600. The molecule has 52 valence electrons. The molecule has 2 nitrogen and oxygen atoms in total. The molecule has 8 heavy (non-hydrogen) atoms. The smallest absolute Gasteiger partial charge is 0.290 e. The van der Waals surface area contributed by atoms with Crippen LogP contribution < -0.4 is 0 Å². The van der Waals surface area contributed by atoms with Crippen molar-refractivity contribution in [1.82, 2.24) is 0 Å². The van der Waals surface area contributed by atoms with Gasteiger partial charge in [0.25, 0.3) is 6.47 Å². The Morgan fingerprint density at radius 3 is 1.50 bits per heavy atom. The molecule has 0 amide bonds. The van der Waals surface area contributed by atoms with E-state index in [1.807, 2.05) is 0 Å². The van der Waals surface area contributed by atoms with Crippen LogP contribution in [0.25, 0.3) is 0 Å². The lowest BCUT2D eigenvalue weighted by atomic mass is 10.4. The second-order valence-corrected chi connectivity index (χ2v) is 1.11. The molecule has 1 N–H and O–H groups in total. The highest BCUT2D eigenvalue weighted by Crippen LogP contribution is 1.76. The minimum absolute atomic E-state index is 0. The molecule has 0 bridgehead atoms. The molecule has 0 saturated heterocycles. The Kier molecular flexibility index (Phi) is 63.4. The molecule has 0 unspecified atom stereocenters. The summed E-state index contributed by atoms with van der Waals surface area (Å²) in [5.74, 6) is 0. The van der Waals surface area contributed by atoms with Gasteiger partial charge >= 0.3 is 0 Å². The van der Waals surface area contributed by atoms with Crippen molar-refractivity contribution in [3.8, 4) is 0 Å². The van der Waals surface area contributed by atoms with Gasteiger partial charge in [-0.05, 0) is 0 Å². The van der Waals surface area contributed by atoms with Crippen molar-refractivity contribution < 1.29 is 14.6 Å². The molecule has 0 rings (SSSR count). The zero-order chi connectivity index (χ0) is 6.12. The first-order chi connectivity index (χ1) is 3.33. The summed E-state index contributed by atoms with van der Waals surface area (Å²) in [5.41, 5.74) is 0. The third-order valence-electron chi connectivity index (χ3n) is 0.500. The summed E-state index contributed by atoms with van der Waals surface area (Å²) in [6.45, 7) is 4.11. The molecule has 3 heteroatoms. The lowest BCUT2D eigenvalue weighted by molar-refractivity contribution is -0.122. The Morgan fingerprint density at radius 2 is 1.50 bits per heavy atom. The molecule has 0 spiro atoms. The van der Waals surface area contributed by atoms with Crippen molar-refractivity contribution in [1.29, 1.82) is 0 Å². The van der Waals surface area contributed by atoms with Gasteiger partial charge in [-0.3, -0.25) is 9.50 Å². The van der Waals surface area contributed by atoms with Crippen LogP contribution in [0.5, 0.6) is 0 Å². The van der Waals surface area contributed by atoms with Gasteiger partial charge in [0.15, 0.2) is 0 Å². The lowest BCUT2D eigenvalue weighted by Gasteiger charge is -1.68. The summed E-state index contributed by atoms with van der Waals surface area (Å²) in [7, 11) is 0. The van der Waals surface area contributed by atoms with Crippen LogP contribution in [0.1, 0.15) is 26.7 Å². The maximum Gasteiger partial charge on any atom is 0.290 e. The predicted octanol–water partition coefficient (Wildman–Crippen LogP) is 1.66. The van der Waals surface area contributed by atoms with E-state index in [2.05, 4.69) is 13.8 Å². The van der Waals surface area contributed by atoms with Gasteiger partial charge < -0.3 is 5.11 Å². The molecule has 0 aliphatic rings. The van der Waals surface area contributed by atoms with Crippen LogP contribution in [-0.4, -0.2) is 11.6 Å². The van der Waals surface area contributed by atoms with E-state index in [-0.39, 0.29) is 11.2 Å². The highest BCUT2D eigenvalue weighted by Gasteiger charge is 1.56. The fourth-order valence-electron chi connectivity index (χ4n) is 0. The number of halogens is 1. The van der Waals surface area contributed by atoms with Crippen molar-refractivity contribution in [2.45, 2.75) is 26.7 Å². The Bertz CT molecular complexity index is 29.6. The van der Waals surface area contributed by atoms with Gasteiger partial charge in [0, 0.05) is 0 Å². The van der Waals surface area contributed by atoms with Gasteiger partial charge in [-0.1, -0.05) is 26.7 Å². The van der Waals surface area contributed by atoms with Crippen LogP contribution in [-0.2, 0) is 4.79 Å². The van der Waals surface area contributed by atoms with Crippen LogP contribution in [0.15, 0.2) is 0 Å². The lowest BCUT2D eigenvalue weighted by Crippen LogP contribution is -1.49. The number of unbranched alkanes of at least 4 members (excludes halogenated alkanes) is 1. The molecule has 0 aromatic carbocycles. The minimum Gasteiger partial charge on any atom is -0.483 e. The number of hydrogen-bond donors (Lipinski definition) is 1. The maximum atomic E-state index is 8.36. The van der Waals surface area contributed by atoms with Crippen LogP contribution in [0.2, 0.25) is 0 Å². The molecule has 0 aliphatic carbocycles. The van der Waals surface area contributed by atoms with Crippen LogP contribution in [0.3, 0.4) is 0 Å². The summed E-state index contributed by atoms with van der Waals surface area (Å²) >= 11 is 0. The van der Waals surface area contributed by atoms with E-state index in [1.54, 1.807) is 0 Å². The number of rotatable bonds is 1. The van der Waals surface area contributed by atoms with Gasteiger partial charge in [0.2, 0.25) is 0 Å². The van der Waals surface area contributed by atoms with Crippen LogP contribution in [0, 0.1) is 0 Å². The zero-order valence-electron chi connectivity index (χ0n) is 5.26. The van der Waals surface area contributed by atoms with Crippen molar-refractivity contribution in [3.05, 3.63) is 0 Å². The average Bonchev–Trinajstić information content (AvgIpc) is 1.69. The van der Waals surface area contributed by atoms with Crippen molar-refractivity contribution in [2.75, 3.05) is 0 Å². The zero-order valence-corrected chi connectivity index (χ0v) is 5.26. The molecule has 0 heterocycles. The topological polar surface area (TPSA) is 37.3 Å². The summed E-state index contributed by atoms with van der Waals surface area (Å²) in [5, 5.41) is 6.89. The molecule has 0 saturated carbocycles. The first-order valence-electron chi connectivity index (χ1n) is 2.41. The molecule has 0 aromatic rings. The Balaban J connectivity index is -0.0000000575. The summed E-state index contributed by atoms with van der Waals surface area (Å²) < 4.78 is 0. The maximum absolute atomic E-state index is 8.36. The predicted molar refractivity (Wildman–Crippen MR) is 31.8 cm³/mol. The van der Waals surface area contributed by atoms with E-state index in [9.17, 15) is 0 Å². The molecule has 0 aliphatic heterocycles. The second-order valence-electron chi connectivity index (χ2n) is 1.11. The monoisotopic (exact) mass is 124 g/mol. The van der Waals surface area contributed by atoms with Crippen molar-refractivity contribution >= 4 is 6.47 Å². The van der Waals surface area contributed by atoms with Gasteiger partial charge in [0.05, 0.1) is 0 Å². The molecule has 0 aromatic heterocycles. The largest absolute Gasteiger partial charge is 0.483 e. The van der Waals surface area contributed by atoms with Crippen LogP contribution >= 0.6 is 0 Å². The summed E-state index contributed by atoms with van der Waals surface area (Å²) in [6.07, 6.45) is 2.64. The van der Waals surface area contributed by atoms with Gasteiger partial charge in [-0.15, -0.1) is 0 Å². The normalized spacial score (nSPS) is 5.25. The third-order valence-corrected chi connectivity index (χ3v) is 0.500. The third kappa shape index (κ3) is 653. The summed E-state index contributed by atoms with van der Waals surface area (Å²) in [6, 6.07) is 0. The Labute approximate surface area is 48.9 Å². The number of carbonyl (C=O) groups is 1. The van der Waals surface area contributed by atoms with Gasteiger partial charge in [-0.25, -0.2) is 0 Å². The standard InChI is InChI=1S/C4H10.CH2O2.FH/c1-3-4-2;2-1-3;/h3-4H2,1-2H3;1H,(H,2,3);1H. The fourth-order valence-corrected chi connectivity index (χ4v) is 0. The highest BCUT2D eigenvalue weighted by molar-refractivity contribution is 5.32. The van der Waals surface area contributed by atoms with Crippen molar-refractivity contribution in [3.63, 3.8) is 0 Å². The van der Waals surface area contributed by atoms with E-state index in [0.717, 1.165) is 0 Å². The van der Waals surface area contributed by atoms with E-state index >= 15 is 0 Å². The van der Waals surface area contributed by atoms with E-state index in [4.69, 9.17) is 9.90 Å². The Morgan fingerprint density at radius 1 is 1.38 bits per heavy atom. The van der Waals surface area contributed by atoms with Crippen LogP contribution in [0.4, 0.5) is 4.70 Å². The minimum atomic E-state index is -0.250. The van der Waals surface area contributed by atoms with E-state index in [0.29, 0.717) is 0 Å². The fraction of sp³-hybridized carbons (Fsp3) is 0.800. The molecule has 0 radical (unpaired) electrons. The quantitative estimate of drug-likeness (QED) is 0.540. The van der Waals surface area contributed by atoms with E-state index < -0.39 is 0 Å². The molecule has 0 atom stereocenters. The first kappa shape index (κ1) is 15.7. The van der Waals surface area contributed by atoms with Gasteiger partial charge in [0.1, 0.15) is 0 Å². The highest BCUT2D eigenvalue weighted by atomic mass is 19.0. The average molecular weight is 124 g/mol. The summed E-state index contributed by atoms with van der Waals surface area (Å²) in [4.78, 5) is 8.36. The molecular formula is C5H13FO2. The van der Waals surface area contributed by atoms with Crippen molar-refractivity contribution in [2.24, 2.45) is 0 Å². The second kappa shape index (κ2) is 32.4. The number of carboxylic acid groups (broad SMARTS) is 1. The SMILES string of the molecule is CCCC.F.O=CO. The number of hydrogen-bond acceptors (Lipinski definition) is 1. The molecular weight excluding hydrogens is 111 g/mol.